The average Bonchev–Trinajstić information content (AvgIpc) is 2.86. The third-order valence-electron chi connectivity index (χ3n) is 2.74. The standard InChI is InChI=1S/C10H15N5O3S/c1-5-9(6(2)12-11-5)15-19(17,18)10-7(3)13-14-8(10)4-16/h15-16H,4H2,1-3H3,(H,11,12)(H,13,14). The van der Waals surface area contributed by atoms with E-state index in [9.17, 15) is 8.42 Å². The van der Waals surface area contributed by atoms with Gasteiger partial charge >= 0.3 is 0 Å². The Morgan fingerprint density at radius 2 is 1.79 bits per heavy atom. The molecule has 8 nitrogen and oxygen atoms in total. The summed E-state index contributed by atoms with van der Waals surface area (Å²) in [6.07, 6.45) is 0. The van der Waals surface area contributed by atoms with Crippen molar-refractivity contribution in [2.24, 2.45) is 0 Å². The molecular weight excluding hydrogens is 270 g/mol. The van der Waals surface area contributed by atoms with E-state index in [1.165, 1.54) is 0 Å². The molecule has 0 saturated heterocycles. The molecule has 0 saturated carbocycles. The topological polar surface area (TPSA) is 124 Å². The van der Waals surface area contributed by atoms with Gasteiger partial charge in [-0.1, -0.05) is 0 Å². The molecule has 2 heterocycles. The molecule has 0 atom stereocenters. The van der Waals surface area contributed by atoms with Crippen LogP contribution in [-0.4, -0.2) is 33.9 Å². The molecular formula is C10H15N5O3S. The number of aryl methyl sites for hydroxylation is 3. The molecule has 104 valence electrons. The Kier molecular flexibility index (Phi) is 3.33. The zero-order chi connectivity index (χ0) is 14.2. The Morgan fingerprint density at radius 1 is 1.16 bits per heavy atom. The van der Waals surface area contributed by atoms with Gasteiger partial charge in [0.25, 0.3) is 10.0 Å². The third kappa shape index (κ3) is 2.34. The number of aromatic amines is 2. The molecule has 9 heteroatoms. The number of anilines is 1. The van der Waals surface area contributed by atoms with E-state index in [1.807, 2.05) is 0 Å². The summed E-state index contributed by atoms with van der Waals surface area (Å²) in [6, 6.07) is 0. The summed E-state index contributed by atoms with van der Waals surface area (Å²) in [6.45, 7) is 4.53. The van der Waals surface area contributed by atoms with Gasteiger partial charge in [-0.3, -0.25) is 14.9 Å². The van der Waals surface area contributed by atoms with Crippen LogP contribution in [0.4, 0.5) is 5.69 Å². The maximum atomic E-state index is 12.3. The predicted octanol–water partition coefficient (Wildman–Crippen LogP) is 0.351. The Balaban J connectivity index is 2.47. The van der Waals surface area contributed by atoms with Crippen LogP contribution >= 0.6 is 0 Å². The second-order valence-electron chi connectivity index (χ2n) is 4.20. The van der Waals surface area contributed by atoms with Crippen molar-refractivity contribution >= 4 is 15.7 Å². The Bertz CT molecular complexity index is 681. The maximum absolute atomic E-state index is 12.3. The molecule has 4 N–H and O–H groups in total. The van der Waals surface area contributed by atoms with Crippen LogP contribution in [0.15, 0.2) is 4.90 Å². The van der Waals surface area contributed by atoms with Crippen molar-refractivity contribution in [2.45, 2.75) is 32.3 Å². The second-order valence-corrected chi connectivity index (χ2v) is 5.82. The van der Waals surface area contributed by atoms with Gasteiger partial charge in [-0.05, 0) is 20.8 Å². The minimum atomic E-state index is -3.82. The van der Waals surface area contributed by atoms with E-state index in [1.54, 1.807) is 20.8 Å². The van der Waals surface area contributed by atoms with E-state index in [2.05, 4.69) is 25.1 Å². The molecule has 0 aliphatic heterocycles. The summed E-state index contributed by atoms with van der Waals surface area (Å²) >= 11 is 0. The van der Waals surface area contributed by atoms with E-state index in [-0.39, 0.29) is 10.6 Å². The lowest BCUT2D eigenvalue weighted by Crippen LogP contribution is -2.16. The fraction of sp³-hybridized carbons (Fsp3) is 0.400. The van der Waals surface area contributed by atoms with Crippen molar-refractivity contribution in [1.29, 1.82) is 0 Å². The van der Waals surface area contributed by atoms with Gasteiger partial charge in [0.05, 0.1) is 29.4 Å². The number of hydrogen-bond donors (Lipinski definition) is 4. The zero-order valence-corrected chi connectivity index (χ0v) is 11.6. The number of nitrogens with zero attached hydrogens (tertiary/aromatic N) is 2. The van der Waals surface area contributed by atoms with Gasteiger partial charge in [0.2, 0.25) is 0 Å². The average molecular weight is 285 g/mol. The highest BCUT2D eigenvalue weighted by Crippen LogP contribution is 2.24. The Labute approximate surface area is 110 Å². The fourth-order valence-corrected chi connectivity index (χ4v) is 3.36. The molecule has 0 radical (unpaired) electrons. The van der Waals surface area contributed by atoms with Gasteiger partial charge in [-0.2, -0.15) is 10.2 Å². The van der Waals surface area contributed by atoms with E-state index < -0.39 is 16.6 Å². The number of rotatable bonds is 4. The van der Waals surface area contributed by atoms with Crippen LogP contribution in [0, 0.1) is 20.8 Å². The Morgan fingerprint density at radius 3 is 2.32 bits per heavy atom. The highest BCUT2D eigenvalue weighted by atomic mass is 32.2. The number of H-pyrrole nitrogens is 2. The van der Waals surface area contributed by atoms with Crippen LogP contribution in [0.3, 0.4) is 0 Å². The van der Waals surface area contributed by atoms with E-state index in [0.29, 0.717) is 22.8 Å². The minimum Gasteiger partial charge on any atom is -0.390 e. The molecule has 2 aromatic rings. The summed E-state index contributed by atoms with van der Waals surface area (Å²) < 4.78 is 27.1. The van der Waals surface area contributed by atoms with Crippen molar-refractivity contribution in [3.63, 3.8) is 0 Å². The second kappa shape index (κ2) is 4.67. The first-order chi connectivity index (χ1) is 8.86. The van der Waals surface area contributed by atoms with Crippen molar-refractivity contribution in [3.05, 3.63) is 22.8 Å². The molecule has 2 aromatic heterocycles. The van der Waals surface area contributed by atoms with Crippen LogP contribution in [0.5, 0.6) is 0 Å². The van der Waals surface area contributed by atoms with Gasteiger partial charge < -0.3 is 5.11 Å². The monoisotopic (exact) mass is 285 g/mol. The highest BCUT2D eigenvalue weighted by Gasteiger charge is 2.25. The molecule has 0 spiro atoms. The summed E-state index contributed by atoms with van der Waals surface area (Å²) in [4.78, 5) is -0.0324. The number of hydrogen-bond acceptors (Lipinski definition) is 5. The van der Waals surface area contributed by atoms with Gasteiger partial charge in [0.15, 0.2) is 0 Å². The van der Waals surface area contributed by atoms with Gasteiger partial charge in [0, 0.05) is 0 Å². The molecule has 0 bridgehead atoms. The summed E-state index contributed by atoms with van der Waals surface area (Å²) in [7, 11) is -3.82. The molecule has 0 fully saturated rings. The van der Waals surface area contributed by atoms with Crippen LogP contribution < -0.4 is 4.72 Å². The van der Waals surface area contributed by atoms with Crippen LogP contribution in [-0.2, 0) is 16.6 Å². The number of aliphatic hydroxyl groups excluding tert-OH is 1. The van der Waals surface area contributed by atoms with Gasteiger partial charge in [-0.25, -0.2) is 8.42 Å². The SMILES string of the molecule is Cc1n[nH]c(C)c1NS(=O)(=O)c1c(CO)n[nH]c1C. The Hall–Kier alpha value is -1.87. The van der Waals surface area contributed by atoms with Crippen LogP contribution in [0.1, 0.15) is 22.8 Å². The smallest absolute Gasteiger partial charge is 0.265 e. The molecule has 0 aliphatic rings. The number of aromatic nitrogens is 4. The molecule has 0 amide bonds. The first-order valence-corrected chi connectivity index (χ1v) is 7.04. The maximum Gasteiger partial charge on any atom is 0.265 e. The fourth-order valence-electron chi connectivity index (χ4n) is 1.82. The molecule has 2 rings (SSSR count). The van der Waals surface area contributed by atoms with Crippen LogP contribution in [0.2, 0.25) is 0 Å². The first kappa shape index (κ1) is 13.6. The van der Waals surface area contributed by atoms with E-state index >= 15 is 0 Å². The number of sulfonamides is 1. The summed E-state index contributed by atoms with van der Waals surface area (Å²) in [5.41, 5.74) is 2.03. The summed E-state index contributed by atoms with van der Waals surface area (Å²) in [5, 5.41) is 22.1. The van der Waals surface area contributed by atoms with E-state index in [4.69, 9.17) is 5.11 Å². The third-order valence-corrected chi connectivity index (χ3v) is 4.30. The molecule has 0 aromatic carbocycles. The van der Waals surface area contributed by atoms with Crippen molar-refractivity contribution in [2.75, 3.05) is 4.72 Å². The van der Waals surface area contributed by atoms with Crippen molar-refractivity contribution < 1.29 is 13.5 Å². The van der Waals surface area contributed by atoms with Crippen LogP contribution in [0.25, 0.3) is 0 Å². The first-order valence-electron chi connectivity index (χ1n) is 5.56. The lowest BCUT2D eigenvalue weighted by atomic mass is 10.3. The van der Waals surface area contributed by atoms with Gasteiger partial charge in [-0.15, -0.1) is 0 Å². The van der Waals surface area contributed by atoms with Crippen molar-refractivity contribution in [3.8, 4) is 0 Å². The summed E-state index contributed by atoms with van der Waals surface area (Å²) in [5.74, 6) is 0. The minimum absolute atomic E-state index is 0.0324. The van der Waals surface area contributed by atoms with E-state index in [0.717, 1.165) is 0 Å². The van der Waals surface area contributed by atoms with Crippen molar-refractivity contribution in [1.82, 2.24) is 20.4 Å². The molecule has 19 heavy (non-hydrogen) atoms. The normalized spacial score (nSPS) is 11.8. The molecule has 0 aliphatic carbocycles. The number of nitrogens with one attached hydrogen (secondary N) is 3. The predicted molar refractivity (Wildman–Crippen MR) is 68.1 cm³/mol. The zero-order valence-electron chi connectivity index (χ0n) is 10.8. The largest absolute Gasteiger partial charge is 0.390 e. The molecule has 0 unspecified atom stereocenters. The highest BCUT2D eigenvalue weighted by molar-refractivity contribution is 7.92. The van der Waals surface area contributed by atoms with Gasteiger partial charge in [0.1, 0.15) is 10.6 Å². The lowest BCUT2D eigenvalue weighted by Gasteiger charge is -2.08. The quantitative estimate of drug-likeness (QED) is 0.645. The number of aliphatic hydroxyl groups is 1. The lowest BCUT2D eigenvalue weighted by molar-refractivity contribution is 0.273.